The van der Waals surface area contributed by atoms with Crippen molar-refractivity contribution in [1.82, 2.24) is 10.6 Å². The molecule has 1 aromatic carbocycles. The van der Waals surface area contributed by atoms with Crippen molar-refractivity contribution in [1.29, 1.82) is 0 Å². The van der Waals surface area contributed by atoms with E-state index < -0.39 is 0 Å². The summed E-state index contributed by atoms with van der Waals surface area (Å²) < 4.78 is 18.9. The van der Waals surface area contributed by atoms with Crippen LogP contribution in [-0.4, -0.2) is 38.3 Å². The molecule has 0 amide bonds. The van der Waals surface area contributed by atoms with Crippen molar-refractivity contribution in [2.75, 3.05) is 26.3 Å². The largest absolute Gasteiger partial charge is 0.381 e. The van der Waals surface area contributed by atoms with Gasteiger partial charge >= 0.3 is 0 Å². The maximum Gasteiger partial charge on any atom is 0.191 e. The van der Waals surface area contributed by atoms with Gasteiger partial charge in [0.2, 0.25) is 0 Å². The molecule has 0 unspecified atom stereocenters. The zero-order valence-corrected chi connectivity index (χ0v) is 17.7. The Morgan fingerprint density at radius 1 is 1.19 bits per heavy atom. The Kier molecular flexibility index (Phi) is 8.34. The minimum Gasteiger partial charge on any atom is -0.381 e. The van der Waals surface area contributed by atoms with Gasteiger partial charge in [-0.1, -0.05) is 24.3 Å². The summed E-state index contributed by atoms with van der Waals surface area (Å²) in [5.41, 5.74) is 1.07. The van der Waals surface area contributed by atoms with Gasteiger partial charge in [-0.2, -0.15) is 0 Å². The van der Waals surface area contributed by atoms with Crippen molar-refractivity contribution in [3.63, 3.8) is 0 Å². The quantitative estimate of drug-likeness (QED) is 0.296. The second-order valence-electron chi connectivity index (χ2n) is 6.88. The van der Waals surface area contributed by atoms with Gasteiger partial charge in [0.25, 0.3) is 0 Å². The van der Waals surface area contributed by atoms with Gasteiger partial charge in [-0.15, -0.1) is 24.0 Å². The van der Waals surface area contributed by atoms with Crippen LogP contribution in [0.3, 0.4) is 0 Å². The molecule has 144 valence electrons. The first-order chi connectivity index (χ1) is 12.2. The SMILES string of the molecule is CCNC(=NCC1(c2ccc(F)cc2)CCOCC1)NC1CC=CC1.I. The van der Waals surface area contributed by atoms with Gasteiger partial charge in [-0.3, -0.25) is 4.99 Å². The Morgan fingerprint density at radius 3 is 2.46 bits per heavy atom. The van der Waals surface area contributed by atoms with E-state index in [0.29, 0.717) is 12.6 Å². The molecule has 1 fully saturated rings. The van der Waals surface area contributed by atoms with Gasteiger partial charge in [0.05, 0.1) is 6.54 Å². The molecule has 0 radical (unpaired) electrons. The highest BCUT2D eigenvalue weighted by atomic mass is 127. The topological polar surface area (TPSA) is 45.7 Å². The average Bonchev–Trinajstić information content (AvgIpc) is 3.14. The first-order valence-electron chi connectivity index (χ1n) is 9.25. The number of benzene rings is 1. The minimum atomic E-state index is -0.196. The highest BCUT2D eigenvalue weighted by Crippen LogP contribution is 2.35. The number of rotatable bonds is 5. The predicted octanol–water partition coefficient (Wildman–Crippen LogP) is 3.77. The lowest BCUT2D eigenvalue weighted by Gasteiger charge is -2.36. The number of nitrogens with zero attached hydrogens (tertiary/aromatic N) is 1. The molecular formula is C20H29FIN3O. The molecule has 2 N–H and O–H groups in total. The highest BCUT2D eigenvalue weighted by Gasteiger charge is 2.34. The second-order valence-corrected chi connectivity index (χ2v) is 6.88. The molecule has 0 bridgehead atoms. The molecular weight excluding hydrogens is 444 g/mol. The molecule has 0 atom stereocenters. The monoisotopic (exact) mass is 473 g/mol. The van der Waals surface area contributed by atoms with Crippen LogP contribution in [-0.2, 0) is 10.2 Å². The van der Waals surface area contributed by atoms with Crippen LogP contribution < -0.4 is 10.6 Å². The van der Waals surface area contributed by atoms with Crippen LogP contribution in [0, 0.1) is 5.82 Å². The molecule has 4 nitrogen and oxygen atoms in total. The lowest BCUT2D eigenvalue weighted by Crippen LogP contribution is -2.44. The summed E-state index contributed by atoms with van der Waals surface area (Å²) in [5, 5.41) is 6.87. The van der Waals surface area contributed by atoms with E-state index in [0.717, 1.165) is 57.0 Å². The number of aliphatic imine (C=N–C) groups is 1. The van der Waals surface area contributed by atoms with E-state index in [-0.39, 0.29) is 35.2 Å². The van der Waals surface area contributed by atoms with Crippen molar-refractivity contribution in [3.8, 4) is 0 Å². The summed E-state index contributed by atoms with van der Waals surface area (Å²) in [4.78, 5) is 4.89. The van der Waals surface area contributed by atoms with Gasteiger partial charge < -0.3 is 15.4 Å². The number of halogens is 2. The molecule has 0 saturated carbocycles. The van der Waals surface area contributed by atoms with E-state index in [4.69, 9.17) is 9.73 Å². The Morgan fingerprint density at radius 2 is 1.85 bits per heavy atom. The van der Waals surface area contributed by atoms with E-state index in [9.17, 15) is 4.39 Å². The summed E-state index contributed by atoms with van der Waals surface area (Å²) in [6.45, 7) is 5.04. The molecule has 26 heavy (non-hydrogen) atoms. The van der Waals surface area contributed by atoms with Crippen LogP contribution in [0.4, 0.5) is 4.39 Å². The van der Waals surface area contributed by atoms with Gasteiger partial charge in [0, 0.05) is 31.2 Å². The van der Waals surface area contributed by atoms with Crippen LogP contribution in [0.1, 0.15) is 38.2 Å². The first kappa shape index (κ1) is 21.2. The number of nitrogens with one attached hydrogen (secondary N) is 2. The van der Waals surface area contributed by atoms with Crippen LogP contribution in [0.2, 0.25) is 0 Å². The fourth-order valence-electron chi connectivity index (χ4n) is 3.58. The molecule has 3 rings (SSSR count). The highest BCUT2D eigenvalue weighted by molar-refractivity contribution is 14.0. The summed E-state index contributed by atoms with van der Waals surface area (Å²) >= 11 is 0. The number of hydrogen-bond donors (Lipinski definition) is 2. The summed E-state index contributed by atoms with van der Waals surface area (Å²) in [5.74, 6) is 0.669. The lowest BCUT2D eigenvalue weighted by molar-refractivity contribution is 0.0530. The average molecular weight is 473 g/mol. The maximum absolute atomic E-state index is 13.3. The lowest BCUT2D eigenvalue weighted by atomic mass is 9.74. The summed E-state index contributed by atoms with van der Waals surface area (Å²) in [6.07, 6.45) is 8.32. The summed E-state index contributed by atoms with van der Waals surface area (Å²) in [6, 6.07) is 7.32. The van der Waals surface area contributed by atoms with Crippen molar-refractivity contribution in [2.45, 2.75) is 44.1 Å². The Bertz CT molecular complexity index is 604. The molecule has 0 aromatic heterocycles. The van der Waals surface area contributed by atoms with E-state index in [1.165, 1.54) is 0 Å². The summed E-state index contributed by atoms with van der Waals surface area (Å²) in [7, 11) is 0. The standard InChI is InChI=1S/C20H28FN3O.HI/c1-2-22-19(24-18-5-3-4-6-18)23-15-20(11-13-25-14-12-20)16-7-9-17(21)10-8-16;/h3-4,7-10,18H,2,5-6,11-15H2,1H3,(H2,22,23,24);1H. The van der Waals surface area contributed by atoms with Crippen LogP contribution >= 0.6 is 24.0 Å². The fraction of sp³-hybridized carbons (Fsp3) is 0.550. The van der Waals surface area contributed by atoms with E-state index in [1.807, 2.05) is 12.1 Å². The van der Waals surface area contributed by atoms with E-state index >= 15 is 0 Å². The molecule has 6 heteroatoms. The molecule has 1 saturated heterocycles. The molecule has 0 spiro atoms. The zero-order chi connectivity index (χ0) is 17.5. The maximum atomic E-state index is 13.3. The number of ether oxygens (including phenoxy) is 1. The smallest absolute Gasteiger partial charge is 0.191 e. The Hall–Kier alpha value is -1.15. The normalized spacial score (nSPS) is 19.8. The third-order valence-electron chi connectivity index (χ3n) is 5.14. The molecule has 1 aliphatic carbocycles. The first-order valence-corrected chi connectivity index (χ1v) is 9.25. The second kappa shape index (κ2) is 10.3. The Balaban J connectivity index is 0.00000243. The third kappa shape index (κ3) is 5.42. The number of guanidine groups is 1. The van der Waals surface area contributed by atoms with Crippen LogP contribution in [0.25, 0.3) is 0 Å². The van der Waals surface area contributed by atoms with E-state index in [1.54, 1.807) is 12.1 Å². The van der Waals surface area contributed by atoms with Crippen molar-refractivity contribution in [2.24, 2.45) is 4.99 Å². The van der Waals surface area contributed by atoms with Crippen molar-refractivity contribution in [3.05, 3.63) is 47.8 Å². The molecule has 2 aliphatic rings. The van der Waals surface area contributed by atoms with Gasteiger partial charge in [0.1, 0.15) is 5.82 Å². The zero-order valence-electron chi connectivity index (χ0n) is 15.3. The Labute approximate surface area is 172 Å². The van der Waals surface area contributed by atoms with E-state index in [2.05, 4.69) is 29.7 Å². The van der Waals surface area contributed by atoms with Gasteiger partial charge in [-0.25, -0.2) is 4.39 Å². The van der Waals surface area contributed by atoms with Gasteiger partial charge in [-0.05, 0) is 50.3 Å². The fourth-order valence-corrected chi connectivity index (χ4v) is 3.58. The van der Waals surface area contributed by atoms with Crippen LogP contribution in [0.15, 0.2) is 41.4 Å². The van der Waals surface area contributed by atoms with Crippen LogP contribution in [0.5, 0.6) is 0 Å². The number of hydrogen-bond acceptors (Lipinski definition) is 2. The third-order valence-corrected chi connectivity index (χ3v) is 5.14. The van der Waals surface area contributed by atoms with Crippen molar-refractivity contribution >= 4 is 29.9 Å². The van der Waals surface area contributed by atoms with Crippen molar-refractivity contribution < 1.29 is 9.13 Å². The molecule has 1 aromatic rings. The minimum absolute atomic E-state index is 0. The molecule has 1 heterocycles. The predicted molar refractivity (Wildman–Crippen MR) is 115 cm³/mol. The van der Waals surface area contributed by atoms with Gasteiger partial charge in [0.15, 0.2) is 5.96 Å². The molecule has 1 aliphatic heterocycles.